The van der Waals surface area contributed by atoms with Crippen molar-refractivity contribution in [2.75, 3.05) is 11.9 Å². The van der Waals surface area contributed by atoms with E-state index in [2.05, 4.69) is 5.32 Å². The predicted molar refractivity (Wildman–Crippen MR) is 129 cm³/mol. The van der Waals surface area contributed by atoms with E-state index in [4.69, 9.17) is 49.4 Å². The molecule has 0 aliphatic heterocycles. The molecule has 0 aromatic heterocycles. The molecular formula is C22H21Cl3N2O4S. The van der Waals surface area contributed by atoms with Crippen LogP contribution in [0.1, 0.15) is 18.1 Å². The molecule has 0 fully saturated rings. The van der Waals surface area contributed by atoms with Crippen molar-refractivity contribution in [3.63, 3.8) is 0 Å². The number of nitrogens with two attached hydrogens (primary N) is 1. The monoisotopic (exact) mass is 514 g/mol. The predicted octanol–water partition coefficient (Wildman–Crippen LogP) is 5.88. The lowest BCUT2D eigenvalue weighted by Gasteiger charge is -2.16. The Kier molecular flexibility index (Phi) is 8.14. The number of hydrogen-bond donors (Lipinski definition) is 2. The summed E-state index contributed by atoms with van der Waals surface area (Å²) >= 11 is 18.5. The largest absolute Gasteiger partial charge is 0.490 e. The molecule has 0 saturated heterocycles. The van der Waals surface area contributed by atoms with E-state index in [-0.39, 0.29) is 11.5 Å². The van der Waals surface area contributed by atoms with Gasteiger partial charge >= 0.3 is 0 Å². The lowest BCUT2D eigenvalue weighted by molar-refractivity contribution is 0.269. The van der Waals surface area contributed by atoms with Crippen molar-refractivity contribution in [3.05, 3.63) is 80.8 Å². The van der Waals surface area contributed by atoms with E-state index >= 15 is 0 Å². The van der Waals surface area contributed by atoms with Gasteiger partial charge in [-0.3, -0.25) is 0 Å². The third-order valence-electron chi connectivity index (χ3n) is 4.46. The minimum Gasteiger partial charge on any atom is -0.490 e. The minimum atomic E-state index is -3.73. The van der Waals surface area contributed by atoms with Crippen LogP contribution < -0.4 is 19.9 Å². The summed E-state index contributed by atoms with van der Waals surface area (Å²) in [5.74, 6) is 1.06. The fourth-order valence-corrected chi connectivity index (χ4v) is 3.90. The van der Waals surface area contributed by atoms with E-state index in [1.165, 1.54) is 12.1 Å². The average molecular weight is 516 g/mol. The highest BCUT2D eigenvalue weighted by Crippen LogP contribution is 2.35. The third kappa shape index (κ3) is 6.43. The van der Waals surface area contributed by atoms with Gasteiger partial charge in [0, 0.05) is 23.3 Å². The Balaban J connectivity index is 1.73. The van der Waals surface area contributed by atoms with Gasteiger partial charge in [-0.25, -0.2) is 13.6 Å². The van der Waals surface area contributed by atoms with Crippen LogP contribution in [0.25, 0.3) is 0 Å². The van der Waals surface area contributed by atoms with Gasteiger partial charge in [-0.1, -0.05) is 40.9 Å². The summed E-state index contributed by atoms with van der Waals surface area (Å²) in [6, 6.07) is 14.9. The van der Waals surface area contributed by atoms with Crippen LogP contribution in [0.3, 0.4) is 0 Å². The fraction of sp³-hybridized carbons (Fsp3) is 0.182. The van der Waals surface area contributed by atoms with Gasteiger partial charge in [0.2, 0.25) is 10.0 Å². The molecule has 3 N–H and O–H groups in total. The Bertz CT molecular complexity index is 1200. The van der Waals surface area contributed by atoms with Crippen molar-refractivity contribution >= 4 is 50.5 Å². The van der Waals surface area contributed by atoms with Crippen LogP contribution in [0.5, 0.6) is 11.5 Å². The third-order valence-corrected chi connectivity index (χ3v) is 6.48. The van der Waals surface area contributed by atoms with Gasteiger partial charge in [-0.05, 0) is 60.5 Å². The van der Waals surface area contributed by atoms with E-state index in [0.717, 1.165) is 11.1 Å². The fourth-order valence-electron chi connectivity index (χ4n) is 2.84. The van der Waals surface area contributed by atoms with E-state index in [1.807, 2.05) is 19.1 Å². The molecule has 3 aromatic carbocycles. The highest BCUT2D eigenvalue weighted by atomic mass is 35.5. The van der Waals surface area contributed by atoms with Crippen LogP contribution >= 0.6 is 34.8 Å². The molecule has 0 spiro atoms. The molecule has 0 heterocycles. The van der Waals surface area contributed by atoms with Crippen LogP contribution in [-0.4, -0.2) is 15.0 Å². The number of primary sulfonamides is 1. The first kappa shape index (κ1) is 24.5. The quantitative estimate of drug-likeness (QED) is 0.371. The molecule has 0 atom stereocenters. The molecule has 0 bridgehead atoms. The van der Waals surface area contributed by atoms with Crippen molar-refractivity contribution in [3.8, 4) is 11.5 Å². The van der Waals surface area contributed by atoms with Crippen molar-refractivity contribution in [2.45, 2.75) is 25.0 Å². The van der Waals surface area contributed by atoms with Gasteiger partial charge in [0.15, 0.2) is 11.5 Å². The lowest BCUT2D eigenvalue weighted by atomic mass is 10.2. The summed E-state index contributed by atoms with van der Waals surface area (Å²) in [4.78, 5) is 0.0446. The zero-order chi connectivity index (χ0) is 23.3. The molecule has 3 rings (SSSR count). The van der Waals surface area contributed by atoms with Crippen LogP contribution in [0.4, 0.5) is 5.69 Å². The van der Waals surface area contributed by atoms with Crippen LogP contribution in [0.2, 0.25) is 15.1 Å². The van der Waals surface area contributed by atoms with Crippen LogP contribution in [-0.2, 0) is 23.2 Å². The number of halogens is 3. The second-order valence-corrected chi connectivity index (χ2v) is 9.57. The zero-order valence-corrected chi connectivity index (χ0v) is 20.2. The number of anilines is 1. The van der Waals surface area contributed by atoms with Gasteiger partial charge < -0.3 is 14.8 Å². The first-order chi connectivity index (χ1) is 15.2. The highest BCUT2D eigenvalue weighted by molar-refractivity contribution is 7.89. The summed E-state index contributed by atoms with van der Waals surface area (Å²) in [6.45, 7) is 2.98. The number of hydrogen-bond acceptors (Lipinski definition) is 5. The van der Waals surface area contributed by atoms with Gasteiger partial charge in [-0.2, -0.15) is 0 Å². The van der Waals surface area contributed by atoms with Gasteiger partial charge in [-0.15, -0.1) is 0 Å². The maximum atomic E-state index is 11.4. The summed E-state index contributed by atoms with van der Waals surface area (Å²) in [5, 5.41) is 9.74. The standard InChI is InChI=1S/C22H21Cl3N2O4S/c1-2-30-21-10-15(12-27-16-4-6-17(7-5-16)32(26,28)29)19(24)11-22(21)31-13-14-3-8-18(23)20(25)9-14/h3-11,27H,2,12-13H2,1H3,(H2,26,28,29). The topological polar surface area (TPSA) is 90.6 Å². The first-order valence-electron chi connectivity index (χ1n) is 9.56. The van der Waals surface area contributed by atoms with Gasteiger partial charge in [0.05, 0.1) is 21.5 Å². The smallest absolute Gasteiger partial charge is 0.238 e. The normalized spacial score (nSPS) is 11.3. The molecule has 6 nitrogen and oxygen atoms in total. The SMILES string of the molecule is CCOc1cc(CNc2ccc(S(N)(=O)=O)cc2)c(Cl)cc1OCc1ccc(Cl)c(Cl)c1. The number of benzene rings is 3. The van der Waals surface area contributed by atoms with E-state index in [1.54, 1.807) is 30.3 Å². The van der Waals surface area contributed by atoms with Gasteiger partial charge in [0.25, 0.3) is 0 Å². The molecule has 3 aromatic rings. The molecule has 0 radical (unpaired) electrons. The van der Waals surface area contributed by atoms with Crippen molar-refractivity contribution in [1.29, 1.82) is 0 Å². The van der Waals surface area contributed by atoms with E-state index < -0.39 is 10.0 Å². The Labute approximate surface area is 202 Å². The van der Waals surface area contributed by atoms with E-state index in [0.29, 0.717) is 45.4 Å². The molecule has 0 amide bonds. The Morgan fingerprint density at radius 3 is 2.19 bits per heavy atom. The summed E-state index contributed by atoms with van der Waals surface area (Å²) < 4.78 is 34.4. The maximum absolute atomic E-state index is 11.4. The Morgan fingerprint density at radius 1 is 0.875 bits per heavy atom. The molecule has 0 aliphatic rings. The molecule has 170 valence electrons. The summed E-state index contributed by atoms with van der Waals surface area (Å²) in [5.41, 5.74) is 2.35. The highest BCUT2D eigenvalue weighted by Gasteiger charge is 2.13. The zero-order valence-electron chi connectivity index (χ0n) is 17.1. The number of ether oxygens (including phenoxy) is 2. The second kappa shape index (κ2) is 10.6. The van der Waals surface area contributed by atoms with E-state index in [9.17, 15) is 8.42 Å². The Hall–Kier alpha value is -2.16. The summed E-state index contributed by atoms with van der Waals surface area (Å²) in [6.07, 6.45) is 0. The second-order valence-electron chi connectivity index (χ2n) is 6.78. The molecule has 0 unspecified atom stereocenters. The number of nitrogens with one attached hydrogen (secondary N) is 1. The molecule has 32 heavy (non-hydrogen) atoms. The first-order valence-corrected chi connectivity index (χ1v) is 12.2. The van der Waals surface area contributed by atoms with Crippen molar-refractivity contribution in [2.24, 2.45) is 5.14 Å². The minimum absolute atomic E-state index is 0.0446. The molecule has 10 heteroatoms. The van der Waals surface area contributed by atoms with Crippen molar-refractivity contribution in [1.82, 2.24) is 0 Å². The van der Waals surface area contributed by atoms with Gasteiger partial charge in [0.1, 0.15) is 6.61 Å². The lowest BCUT2D eigenvalue weighted by Crippen LogP contribution is -2.12. The average Bonchev–Trinajstić information content (AvgIpc) is 2.75. The molecule has 0 saturated carbocycles. The number of sulfonamides is 1. The Morgan fingerprint density at radius 2 is 1.56 bits per heavy atom. The van der Waals surface area contributed by atoms with Crippen LogP contribution in [0, 0.1) is 0 Å². The molecule has 0 aliphatic carbocycles. The maximum Gasteiger partial charge on any atom is 0.238 e. The summed E-state index contributed by atoms with van der Waals surface area (Å²) in [7, 11) is -3.73. The van der Waals surface area contributed by atoms with Crippen molar-refractivity contribution < 1.29 is 17.9 Å². The van der Waals surface area contributed by atoms with Crippen LogP contribution in [0.15, 0.2) is 59.5 Å². The molecular weight excluding hydrogens is 495 g/mol. The number of rotatable bonds is 9.